The molecule has 2 aromatic rings. The quantitative estimate of drug-likeness (QED) is 0.856. The third kappa shape index (κ3) is 4.18. The lowest BCUT2D eigenvalue weighted by molar-refractivity contribution is -0.115. The van der Waals surface area contributed by atoms with Crippen LogP contribution in [0.1, 0.15) is 0 Å². The fraction of sp³-hybridized carbons (Fsp3) is 0.0833. The topological polar surface area (TPSA) is 75.3 Å². The summed E-state index contributed by atoms with van der Waals surface area (Å²) in [6.07, 6.45) is 0. The molecule has 2 rings (SSSR count). The molecule has 0 aliphatic heterocycles. The number of halogens is 2. The first kappa shape index (κ1) is 16.3. The van der Waals surface area contributed by atoms with Crippen LogP contribution in [0.25, 0.3) is 0 Å². The first-order valence-corrected chi connectivity index (χ1v) is 8.79. The van der Waals surface area contributed by atoms with Crippen LogP contribution in [0, 0.1) is 0 Å². The van der Waals surface area contributed by atoms with Gasteiger partial charge in [0.15, 0.2) is 0 Å². The van der Waals surface area contributed by atoms with Crippen molar-refractivity contribution in [1.29, 1.82) is 0 Å². The van der Waals surface area contributed by atoms with Gasteiger partial charge in [-0.05, 0) is 23.6 Å². The lowest BCUT2D eigenvalue weighted by Crippen LogP contribution is -2.32. The lowest BCUT2D eigenvalue weighted by atomic mass is 10.3. The molecule has 112 valence electrons. The van der Waals surface area contributed by atoms with Crippen LogP contribution < -0.4 is 10.0 Å². The van der Waals surface area contributed by atoms with Crippen molar-refractivity contribution in [2.45, 2.75) is 4.21 Å². The third-order valence-corrected chi connectivity index (χ3v) is 6.03. The van der Waals surface area contributed by atoms with Crippen LogP contribution in [0.5, 0.6) is 0 Å². The van der Waals surface area contributed by atoms with Gasteiger partial charge in [-0.15, -0.1) is 11.3 Å². The van der Waals surface area contributed by atoms with Gasteiger partial charge in [0.1, 0.15) is 4.21 Å². The van der Waals surface area contributed by atoms with E-state index in [1.165, 1.54) is 6.07 Å². The van der Waals surface area contributed by atoms with Crippen molar-refractivity contribution in [2.24, 2.45) is 0 Å². The van der Waals surface area contributed by atoms with Crippen LogP contribution in [-0.2, 0) is 14.8 Å². The Morgan fingerprint density at radius 1 is 1.19 bits per heavy atom. The van der Waals surface area contributed by atoms with E-state index in [1.54, 1.807) is 29.6 Å². The number of anilines is 1. The van der Waals surface area contributed by atoms with Crippen molar-refractivity contribution >= 4 is 56.2 Å². The van der Waals surface area contributed by atoms with Gasteiger partial charge in [0, 0.05) is 0 Å². The molecule has 2 N–H and O–H groups in total. The number of sulfonamides is 1. The molecule has 0 unspecified atom stereocenters. The molecule has 0 aliphatic carbocycles. The molecule has 0 fully saturated rings. The Morgan fingerprint density at radius 2 is 1.95 bits per heavy atom. The molecule has 0 atom stereocenters. The highest BCUT2D eigenvalue weighted by Crippen LogP contribution is 2.29. The molecule has 5 nitrogen and oxygen atoms in total. The maximum absolute atomic E-state index is 11.8. The highest BCUT2D eigenvalue weighted by atomic mass is 35.5. The van der Waals surface area contributed by atoms with Crippen LogP contribution in [0.4, 0.5) is 5.69 Å². The van der Waals surface area contributed by atoms with Gasteiger partial charge in [-0.2, -0.15) is 0 Å². The number of thiophene rings is 1. The van der Waals surface area contributed by atoms with E-state index in [0.29, 0.717) is 10.7 Å². The summed E-state index contributed by atoms with van der Waals surface area (Å²) in [5.74, 6) is -0.542. The number of benzene rings is 1. The first-order chi connectivity index (χ1) is 9.90. The van der Waals surface area contributed by atoms with Crippen molar-refractivity contribution in [3.05, 3.63) is 45.8 Å². The predicted molar refractivity (Wildman–Crippen MR) is 84.6 cm³/mol. The standard InChI is InChI=1S/C12H10Cl2N2O3S2/c13-8-3-1-4-9(12(8)14)16-10(17)7-15-21(18,19)11-5-2-6-20-11/h1-6,15H,7H2,(H,16,17). The van der Waals surface area contributed by atoms with E-state index in [2.05, 4.69) is 10.0 Å². The van der Waals surface area contributed by atoms with Crippen LogP contribution >= 0.6 is 34.5 Å². The fourth-order valence-electron chi connectivity index (χ4n) is 1.44. The first-order valence-electron chi connectivity index (χ1n) is 5.67. The number of amides is 1. The summed E-state index contributed by atoms with van der Waals surface area (Å²) in [4.78, 5) is 11.8. The number of carbonyl (C=O) groups excluding carboxylic acids is 1. The molecule has 9 heteroatoms. The van der Waals surface area contributed by atoms with E-state index in [0.717, 1.165) is 11.3 Å². The summed E-state index contributed by atoms with van der Waals surface area (Å²) in [7, 11) is -3.67. The molecular weight excluding hydrogens is 355 g/mol. The highest BCUT2D eigenvalue weighted by molar-refractivity contribution is 7.91. The Bertz CT molecular complexity index is 746. The summed E-state index contributed by atoms with van der Waals surface area (Å²) in [5.41, 5.74) is 0.324. The number of rotatable bonds is 5. The minimum Gasteiger partial charge on any atom is -0.324 e. The van der Waals surface area contributed by atoms with Crippen LogP contribution in [0.3, 0.4) is 0 Å². The largest absolute Gasteiger partial charge is 0.324 e. The summed E-state index contributed by atoms with van der Waals surface area (Å²) < 4.78 is 26.0. The molecule has 1 heterocycles. The molecule has 1 aromatic carbocycles. The van der Waals surface area contributed by atoms with Crippen LogP contribution in [0.2, 0.25) is 10.0 Å². The molecule has 0 spiro atoms. The maximum atomic E-state index is 11.8. The molecule has 0 saturated heterocycles. The highest BCUT2D eigenvalue weighted by Gasteiger charge is 2.17. The van der Waals surface area contributed by atoms with Crippen molar-refractivity contribution in [3.63, 3.8) is 0 Å². The smallest absolute Gasteiger partial charge is 0.250 e. The number of nitrogens with one attached hydrogen (secondary N) is 2. The van der Waals surface area contributed by atoms with E-state index < -0.39 is 22.5 Å². The monoisotopic (exact) mass is 364 g/mol. The second-order valence-electron chi connectivity index (χ2n) is 3.91. The van der Waals surface area contributed by atoms with Gasteiger partial charge in [-0.3, -0.25) is 4.79 Å². The SMILES string of the molecule is O=C(CNS(=O)(=O)c1cccs1)Nc1cccc(Cl)c1Cl. The minimum atomic E-state index is -3.67. The number of hydrogen-bond acceptors (Lipinski definition) is 4. The lowest BCUT2D eigenvalue weighted by Gasteiger charge is -2.09. The van der Waals surface area contributed by atoms with Gasteiger partial charge in [0.25, 0.3) is 10.0 Å². The summed E-state index contributed by atoms with van der Waals surface area (Å²) in [5, 5.41) is 4.63. The van der Waals surface area contributed by atoms with Crippen molar-refractivity contribution in [1.82, 2.24) is 4.72 Å². The molecule has 1 amide bonds. The summed E-state index contributed by atoms with van der Waals surface area (Å²) in [6, 6.07) is 7.85. The Labute approximate surface area is 135 Å². The average molecular weight is 365 g/mol. The zero-order valence-corrected chi connectivity index (χ0v) is 13.6. The van der Waals surface area contributed by atoms with Gasteiger partial charge >= 0.3 is 0 Å². The average Bonchev–Trinajstić information content (AvgIpc) is 2.97. The second-order valence-corrected chi connectivity index (χ2v) is 7.63. The zero-order valence-electron chi connectivity index (χ0n) is 10.5. The third-order valence-electron chi connectivity index (χ3n) is 2.41. The van der Waals surface area contributed by atoms with Crippen LogP contribution in [-0.4, -0.2) is 20.9 Å². The predicted octanol–water partition coefficient (Wildman–Crippen LogP) is 2.97. The normalized spacial score (nSPS) is 11.3. The molecule has 0 bridgehead atoms. The summed E-state index contributed by atoms with van der Waals surface area (Å²) >= 11 is 12.8. The molecule has 21 heavy (non-hydrogen) atoms. The molecule has 0 aliphatic rings. The van der Waals surface area contributed by atoms with Gasteiger partial charge in [-0.25, -0.2) is 13.1 Å². The molecule has 1 aromatic heterocycles. The fourth-order valence-corrected chi connectivity index (χ4v) is 3.81. The molecular formula is C12H10Cl2N2O3S2. The van der Waals surface area contributed by atoms with Crippen molar-refractivity contribution in [3.8, 4) is 0 Å². The van der Waals surface area contributed by atoms with Crippen molar-refractivity contribution < 1.29 is 13.2 Å². The van der Waals surface area contributed by atoms with E-state index in [1.807, 2.05) is 0 Å². The van der Waals surface area contributed by atoms with Gasteiger partial charge in [0.05, 0.1) is 22.3 Å². The molecule has 0 saturated carbocycles. The second kappa shape index (κ2) is 6.76. The maximum Gasteiger partial charge on any atom is 0.250 e. The van der Waals surface area contributed by atoms with E-state index in [9.17, 15) is 13.2 Å². The number of carbonyl (C=O) groups is 1. The Morgan fingerprint density at radius 3 is 2.62 bits per heavy atom. The zero-order chi connectivity index (χ0) is 15.5. The Balaban J connectivity index is 1.98. The van der Waals surface area contributed by atoms with Crippen molar-refractivity contribution in [2.75, 3.05) is 11.9 Å². The van der Waals surface area contributed by atoms with Gasteiger partial charge in [-0.1, -0.05) is 35.3 Å². The van der Waals surface area contributed by atoms with E-state index in [-0.39, 0.29) is 9.23 Å². The molecule has 0 radical (unpaired) electrons. The minimum absolute atomic E-state index is 0.149. The Kier molecular flexibility index (Phi) is 5.23. The van der Waals surface area contributed by atoms with Gasteiger partial charge in [0.2, 0.25) is 5.91 Å². The summed E-state index contributed by atoms with van der Waals surface area (Å²) in [6.45, 7) is -0.400. The Hall–Kier alpha value is -1.12. The van der Waals surface area contributed by atoms with E-state index in [4.69, 9.17) is 23.2 Å². The van der Waals surface area contributed by atoms with Crippen LogP contribution in [0.15, 0.2) is 39.9 Å². The van der Waals surface area contributed by atoms with E-state index >= 15 is 0 Å². The number of hydrogen-bond donors (Lipinski definition) is 2. The van der Waals surface area contributed by atoms with Gasteiger partial charge < -0.3 is 5.32 Å².